The number of halogens is 1. The van der Waals surface area contributed by atoms with Crippen molar-refractivity contribution >= 4 is 9.69 Å². The van der Waals surface area contributed by atoms with Crippen LogP contribution in [0.5, 0.6) is 0 Å². The van der Waals surface area contributed by atoms with Gasteiger partial charge in [-0.05, 0) is 52.0 Å². The molecule has 0 amide bonds. The molecule has 0 N–H and O–H groups in total. The SMILES string of the molecule is C1=CCC/C=C\CC1.CC1=CC(C)(C)C(C)=C1C.[Cl][Ru]. The number of hydrogen-bond donors (Lipinski definition) is 0. The summed E-state index contributed by atoms with van der Waals surface area (Å²) < 4.78 is 0. The predicted molar refractivity (Wildman–Crippen MR) is 88.5 cm³/mol. The van der Waals surface area contributed by atoms with Crippen LogP contribution in [0.1, 0.15) is 60.3 Å². The molecule has 0 atom stereocenters. The minimum atomic E-state index is 0.314. The van der Waals surface area contributed by atoms with E-state index in [0.29, 0.717) is 5.41 Å². The zero-order valence-corrected chi connectivity index (χ0v) is 15.9. The van der Waals surface area contributed by atoms with Gasteiger partial charge in [0.1, 0.15) is 0 Å². The molecule has 0 fully saturated rings. The zero-order chi connectivity index (χ0) is 15.6. The normalized spacial score (nSPS) is 21.6. The standard InChI is InChI=1S/C10H16.C8H12.ClH.Ru/c1-7-6-10(4,5)9(3)8(7)2;1-2-4-6-8-7-5-3-1;;/h6H,1-5H3;1-2,7-8H,3-6H2;1H;/q;;;+1/p-1/b;2-1-,8-7?;;. The van der Waals surface area contributed by atoms with Crippen molar-refractivity contribution in [2.45, 2.75) is 60.3 Å². The van der Waals surface area contributed by atoms with E-state index in [4.69, 9.17) is 0 Å². The third kappa shape index (κ3) is 7.05. The topological polar surface area (TPSA) is 0 Å². The van der Waals surface area contributed by atoms with Gasteiger partial charge in [-0.25, -0.2) is 0 Å². The van der Waals surface area contributed by atoms with Crippen LogP contribution in [0.15, 0.2) is 47.1 Å². The Morgan fingerprint density at radius 2 is 1.20 bits per heavy atom. The van der Waals surface area contributed by atoms with E-state index in [1.165, 1.54) is 42.4 Å². The summed E-state index contributed by atoms with van der Waals surface area (Å²) >= 11 is 1.82. The van der Waals surface area contributed by atoms with Crippen LogP contribution in [0.4, 0.5) is 0 Å². The maximum absolute atomic E-state index is 4.57. The number of rotatable bonds is 0. The van der Waals surface area contributed by atoms with Crippen LogP contribution >= 0.6 is 9.69 Å². The van der Waals surface area contributed by atoms with Crippen LogP contribution in [-0.2, 0) is 17.3 Å². The van der Waals surface area contributed by atoms with E-state index in [1.807, 2.05) is 17.3 Å². The molecule has 0 aromatic heterocycles. The van der Waals surface area contributed by atoms with Crippen LogP contribution in [0.3, 0.4) is 0 Å². The first-order chi connectivity index (χ1) is 9.45. The molecule has 0 bridgehead atoms. The Kier molecular flexibility index (Phi) is 10.5. The van der Waals surface area contributed by atoms with Gasteiger partial charge in [0.2, 0.25) is 0 Å². The Hall–Kier alpha value is -0.127. The van der Waals surface area contributed by atoms with E-state index < -0.39 is 0 Å². The molecule has 20 heavy (non-hydrogen) atoms. The van der Waals surface area contributed by atoms with Gasteiger partial charge in [-0.15, -0.1) is 0 Å². The van der Waals surface area contributed by atoms with E-state index in [1.54, 1.807) is 0 Å². The van der Waals surface area contributed by atoms with Gasteiger partial charge in [0.15, 0.2) is 0 Å². The molecule has 2 rings (SSSR count). The first-order valence-electron chi connectivity index (χ1n) is 7.26. The average molecular weight is 381 g/mol. The molecule has 0 nitrogen and oxygen atoms in total. The summed E-state index contributed by atoms with van der Waals surface area (Å²) in [6, 6.07) is 0. The molecule has 0 aromatic carbocycles. The summed E-state index contributed by atoms with van der Waals surface area (Å²) in [5.41, 5.74) is 4.76. The molecule has 115 valence electrons. The van der Waals surface area contributed by atoms with Crippen molar-refractivity contribution in [2.24, 2.45) is 5.41 Å². The zero-order valence-electron chi connectivity index (χ0n) is 13.4. The second-order valence-electron chi connectivity index (χ2n) is 5.90. The van der Waals surface area contributed by atoms with Crippen molar-refractivity contribution in [1.29, 1.82) is 0 Å². The van der Waals surface area contributed by atoms with E-state index in [2.05, 4.69) is 74.7 Å². The Morgan fingerprint density at radius 3 is 1.35 bits per heavy atom. The fraction of sp³-hybridized carbons (Fsp3) is 0.556. The fourth-order valence-electron chi connectivity index (χ4n) is 2.39. The van der Waals surface area contributed by atoms with Gasteiger partial charge in [-0.2, -0.15) is 0 Å². The monoisotopic (exact) mass is 381 g/mol. The first kappa shape index (κ1) is 19.9. The van der Waals surface area contributed by atoms with E-state index in [-0.39, 0.29) is 0 Å². The molecule has 2 heteroatoms. The van der Waals surface area contributed by atoms with Crippen LogP contribution in [0.25, 0.3) is 0 Å². The van der Waals surface area contributed by atoms with Crippen LogP contribution in [0.2, 0.25) is 0 Å². The number of hydrogen-bond acceptors (Lipinski definition) is 0. The maximum atomic E-state index is 4.57. The van der Waals surface area contributed by atoms with E-state index >= 15 is 0 Å². The van der Waals surface area contributed by atoms with Crippen molar-refractivity contribution in [3.05, 3.63) is 47.1 Å². The molecule has 2 aliphatic carbocycles. The molecule has 2 aliphatic rings. The van der Waals surface area contributed by atoms with Gasteiger partial charge in [0.25, 0.3) is 0 Å². The summed E-state index contributed by atoms with van der Waals surface area (Å²) in [6.07, 6.45) is 16.3. The molecular formula is C18H28ClRu. The Morgan fingerprint density at radius 1 is 0.850 bits per heavy atom. The first-order valence-corrected chi connectivity index (χ1v) is 9.50. The van der Waals surface area contributed by atoms with Gasteiger partial charge in [0, 0.05) is 5.41 Å². The third-order valence-corrected chi connectivity index (χ3v) is 4.03. The van der Waals surface area contributed by atoms with Crippen LogP contribution in [0, 0.1) is 5.41 Å². The van der Waals surface area contributed by atoms with Gasteiger partial charge in [-0.3, -0.25) is 0 Å². The predicted octanol–water partition coefficient (Wildman–Crippen LogP) is 6.67. The summed E-state index contributed by atoms with van der Waals surface area (Å²) in [5, 5.41) is 0. The van der Waals surface area contributed by atoms with Crippen molar-refractivity contribution < 1.29 is 17.3 Å². The molecule has 0 aliphatic heterocycles. The summed E-state index contributed by atoms with van der Waals surface area (Å²) in [6.45, 7) is 11.1. The molecule has 0 unspecified atom stereocenters. The van der Waals surface area contributed by atoms with Gasteiger partial charge < -0.3 is 0 Å². The molecular weight excluding hydrogens is 353 g/mol. The Bertz CT molecular complexity index is 372. The Labute approximate surface area is 139 Å². The molecule has 0 heterocycles. The molecule has 0 saturated carbocycles. The van der Waals surface area contributed by atoms with E-state index in [0.717, 1.165) is 0 Å². The van der Waals surface area contributed by atoms with Gasteiger partial charge in [-0.1, -0.05) is 55.4 Å². The number of allylic oxidation sites excluding steroid dienone is 8. The molecule has 0 spiro atoms. The van der Waals surface area contributed by atoms with Crippen molar-refractivity contribution in [3.63, 3.8) is 0 Å². The van der Waals surface area contributed by atoms with Crippen molar-refractivity contribution in [2.75, 3.05) is 0 Å². The Balaban J connectivity index is 0.000000327. The van der Waals surface area contributed by atoms with Crippen LogP contribution < -0.4 is 0 Å². The van der Waals surface area contributed by atoms with Gasteiger partial charge in [0.05, 0.1) is 0 Å². The van der Waals surface area contributed by atoms with Gasteiger partial charge >= 0.3 is 27.0 Å². The fourth-order valence-corrected chi connectivity index (χ4v) is 2.39. The van der Waals surface area contributed by atoms with E-state index in [9.17, 15) is 0 Å². The molecule has 0 radical (unpaired) electrons. The van der Waals surface area contributed by atoms with Crippen molar-refractivity contribution in [1.82, 2.24) is 0 Å². The third-order valence-electron chi connectivity index (χ3n) is 4.03. The summed E-state index contributed by atoms with van der Waals surface area (Å²) in [5.74, 6) is 0. The quantitative estimate of drug-likeness (QED) is 0.325. The molecule has 0 saturated heterocycles. The summed E-state index contributed by atoms with van der Waals surface area (Å²) in [4.78, 5) is 0. The second-order valence-corrected chi connectivity index (χ2v) is 5.90. The minimum absolute atomic E-state index is 0.314. The summed E-state index contributed by atoms with van der Waals surface area (Å²) in [7, 11) is 4.57. The van der Waals surface area contributed by atoms with Crippen molar-refractivity contribution in [3.8, 4) is 0 Å². The van der Waals surface area contributed by atoms with Crippen LogP contribution in [-0.4, -0.2) is 0 Å². The average Bonchev–Trinajstić information content (AvgIpc) is 2.55. The second kappa shape index (κ2) is 10.6. The molecule has 0 aromatic rings.